The van der Waals surface area contributed by atoms with Crippen LogP contribution in [0.25, 0.3) is 0 Å². The van der Waals surface area contributed by atoms with Crippen molar-refractivity contribution >= 4 is 38.9 Å². The van der Waals surface area contributed by atoms with Gasteiger partial charge in [-0.2, -0.15) is 0 Å². The molecular weight excluding hydrogens is 295 g/mol. The number of thiazole rings is 1. The normalized spacial score (nSPS) is 10.1. The van der Waals surface area contributed by atoms with E-state index in [4.69, 9.17) is 0 Å². The van der Waals surface area contributed by atoms with Gasteiger partial charge in [0.2, 0.25) is 0 Å². The van der Waals surface area contributed by atoms with Crippen LogP contribution in [-0.2, 0) is 0 Å². The highest BCUT2D eigenvalue weighted by Gasteiger charge is 2.08. The van der Waals surface area contributed by atoms with Gasteiger partial charge in [0.05, 0.1) is 9.98 Å². The Hall–Kier alpha value is -1.27. The number of aromatic nitrogens is 1. The summed E-state index contributed by atoms with van der Waals surface area (Å²) in [7, 11) is 0. The third-order valence-corrected chi connectivity index (χ3v) is 3.07. The minimum absolute atomic E-state index is 0.327. The van der Waals surface area contributed by atoms with Crippen molar-refractivity contribution in [3.8, 4) is 0 Å². The molecule has 1 heterocycles. The van der Waals surface area contributed by atoms with E-state index < -0.39 is 5.82 Å². The lowest BCUT2D eigenvalue weighted by molar-refractivity contribution is 0.102. The van der Waals surface area contributed by atoms with Crippen molar-refractivity contribution in [2.75, 3.05) is 5.32 Å². The van der Waals surface area contributed by atoms with Gasteiger partial charge in [0, 0.05) is 11.1 Å². The molecule has 3 nitrogen and oxygen atoms in total. The number of nitrogens with one attached hydrogen (secondary N) is 1. The maximum absolute atomic E-state index is 13.2. The van der Waals surface area contributed by atoms with E-state index in [-0.39, 0.29) is 5.91 Å². The van der Waals surface area contributed by atoms with E-state index in [0.717, 1.165) is 0 Å². The van der Waals surface area contributed by atoms with Crippen LogP contribution in [0.2, 0.25) is 0 Å². The molecule has 0 saturated carbocycles. The third-order valence-electron chi connectivity index (χ3n) is 1.84. The smallest absolute Gasteiger partial charge is 0.275 e. The Morgan fingerprint density at radius 2 is 2.31 bits per heavy atom. The first-order valence-electron chi connectivity index (χ1n) is 4.31. The van der Waals surface area contributed by atoms with Gasteiger partial charge in [-0.25, -0.2) is 9.37 Å². The molecule has 0 spiro atoms. The van der Waals surface area contributed by atoms with Crippen molar-refractivity contribution in [2.45, 2.75) is 0 Å². The topological polar surface area (TPSA) is 42.0 Å². The molecule has 0 unspecified atom stereocenters. The fourth-order valence-electron chi connectivity index (χ4n) is 1.09. The molecule has 0 aliphatic rings. The predicted octanol–water partition coefficient (Wildman–Crippen LogP) is 3.30. The van der Waals surface area contributed by atoms with Crippen molar-refractivity contribution in [1.82, 2.24) is 4.98 Å². The number of nitrogens with zero attached hydrogens (tertiary/aromatic N) is 1. The highest BCUT2D eigenvalue weighted by molar-refractivity contribution is 9.10. The molecule has 0 aliphatic carbocycles. The molecule has 0 radical (unpaired) electrons. The second kappa shape index (κ2) is 4.71. The number of amides is 1. The maximum Gasteiger partial charge on any atom is 0.275 e. The zero-order valence-corrected chi connectivity index (χ0v) is 10.3. The number of carbonyl (C=O) groups excluding carboxylic acids is 1. The first-order valence-corrected chi connectivity index (χ1v) is 6.05. The number of rotatable bonds is 2. The van der Waals surface area contributed by atoms with Crippen LogP contribution in [0.1, 0.15) is 10.5 Å². The molecule has 16 heavy (non-hydrogen) atoms. The number of hydrogen-bond acceptors (Lipinski definition) is 3. The SMILES string of the molecule is O=C(Nc1ccc(Br)c(F)c1)c1cscn1. The van der Waals surface area contributed by atoms with Crippen LogP contribution in [0.15, 0.2) is 33.6 Å². The lowest BCUT2D eigenvalue weighted by Gasteiger charge is -2.03. The van der Waals surface area contributed by atoms with Crippen molar-refractivity contribution in [3.05, 3.63) is 45.1 Å². The van der Waals surface area contributed by atoms with E-state index in [9.17, 15) is 9.18 Å². The molecule has 0 atom stereocenters. The summed E-state index contributed by atoms with van der Waals surface area (Å²) >= 11 is 4.37. The molecule has 1 amide bonds. The quantitative estimate of drug-likeness (QED) is 0.924. The molecule has 2 rings (SSSR count). The zero-order chi connectivity index (χ0) is 11.5. The van der Waals surface area contributed by atoms with E-state index in [1.807, 2.05) is 0 Å². The van der Waals surface area contributed by atoms with Gasteiger partial charge in [-0.1, -0.05) is 0 Å². The van der Waals surface area contributed by atoms with Gasteiger partial charge in [-0.15, -0.1) is 11.3 Å². The van der Waals surface area contributed by atoms with Crippen molar-refractivity contribution < 1.29 is 9.18 Å². The first-order chi connectivity index (χ1) is 7.66. The van der Waals surface area contributed by atoms with Crippen LogP contribution in [0.3, 0.4) is 0 Å². The summed E-state index contributed by atoms with van der Waals surface area (Å²) in [6.45, 7) is 0. The largest absolute Gasteiger partial charge is 0.321 e. The Labute approximate surface area is 103 Å². The fraction of sp³-hybridized carbons (Fsp3) is 0. The fourth-order valence-corrected chi connectivity index (χ4v) is 1.87. The van der Waals surface area contributed by atoms with Crippen molar-refractivity contribution in [1.29, 1.82) is 0 Å². The summed E-state index contributed by atoms with van der Waals surface area (Å²) in [5.74, 6) is -0.765. The van der Waals surface area contributed by atoms with Crippen LogP contribution in [0.4, 0.5) is 10.1 Å². The Morgan fingerprint density at radius 1 is 1.50 bits per heavy atom. The summed E-state index contributed by atoms with van der Waals surface area (Å²) in [5.41, 5.74) is 2.30. The molecule has 1 aromatic heterocycles. The molecule has 0 bridgehead atoms. The van der Waals surface area contributed by atoms with E-state index in [1.54, 1.807) is 17.0 Å². The molecule has 0 aliphatic heterocycles. The Balaban J connectivity index is 2.15. The molecule has 6 heteroatoms. The van der Waals surface area contributed by atoms with Gasteiger partial charge in [0.1, 0.15) is 11.5 Å². The van der Waals surface area contributed by atoms with Gasteiger partial charge in [0.25, 0.3) is 5.91 Å². The Kier molecular flexibility index (Phi) is 3.31. The molecule has 0 saturated heterocycles. The van der Waals surface area contributed by atoms with Crippen molar-refractivity contribution in [2.24, 2.45) is 0 Å². The average molecular weight is 301 g/mol. The molecule has 0 fully saturated rings. The van der Waals surface area contributed by atoms with Crippen LogP contribution in [-0.4, -0.2) is 10.9 Å². The summed E-state index contributed by atoms with van der Waals surface area (Å²) in [6, 6.07) is 4.39. The van der Waals surface area contributed by atoms with Gasteiger partial charge in [-0.05, 0) is 34.1 Å². The van der Waals surface area contributed by atoms with Crippen LogP contribution in [0, 0.1) is 5.82 Å². The van der Waals surface area contributed by atoms with E-state index >= 15 is 0 Å². The lowest BCUT2D eigenvalue weighted by Crippen LogP contribution is -2.12. The average Bonchev–Trinajstić information content (AvgIpc) is 2.77. The van der Waals surface area contributed by atoms with E-state index in [2.05, 4.69) is 26.2 Å². The minimum Gasteiger partial charge on any atom is -0.321 e. The van der Waals surface area contributed by atoms with Gasteiger partial charge in [-0.3, -0.25) is 4.79 Å². The summed E-state index contributed by atoms with van der Waals surface area (Å²) in [6.07, 6.45) is 0. The highest BCUT2D eigenvalue weighted by Crippen LogP contribution is 2.19. The van der Waals surface area contributed by atoms with Gasteiger partial charge >= 0.3 is 0 Å². The molecule has 1 aromatic carbocycles. The minimum atomic E-state index is -0.420. The first kappa shape index (κ1) is 11.2. The summed E-state index contributed by atoms with van der Waals surface area (Å²) in [5, 5.41) is 4.19. The van der Waals surface area contributed by atoms with Crippen molar-refractivity contribution in [3.63, 3.8) is 0 Å². The van der Waals surface area contributed by atoms with Crippen LogP contribution in [0.5, 0.6) is 0 Å². The number of halogens is 2. The predicted molar refractivity (Wildman–Crippen MR) is 64.2 cm³/mol. The number of anilines is 1. The van der Waals surface area contributed by atoms with Crippen LogP contribution < -0.4 is 5.32 Å². The molecule has 2 aromatic rings. The highest BCUT2D eigenvalue weighted by atomic mass is 79.9. The number of carbonyl (C=O) groups is 1. The molecule has 82 valence electrons. The van der Waals surface area contributed by atoms with Gasteiger partial charge in [0.15, 0.2) is 0 Å². The second-order valence-corrected chi connectivity index (χ2v) is 4.53. The standard InChI is InChI=1S/C10H6BrFN2OS/c11-7-2-1-6(3-8(7)12)14-10(15)9-4-16-5-13-9/h1-5H,(H,14,15). The lowest BCUT2D eigenvalue weighted by atomic mass is 10.3. The zero-order valence-electron chi connectivity index (χ0n) is 7.91. The monoisotopic (exact) mass is 300 g/mol. The summed E-state index contributed by atoms with van der Waals surface area (Å²) < 4.78 is 13.5. The van der Waals surface area contributed by atoms with E-state index in [0.29, 0.717) is 15.9 Å². The number of benzene rings is 1. The Bertz CT molecular complexity index is 516. The molecule has 1 N–H and O–H groups in total. The second-order valence-electron chi connectivity index (χ2n) is 2.96. The maximum atomic E-state index is 13.2. The summed E-state index contributed by atoms with van der Waals surface area (Å²) in [4.78, 5) is 15.4. The number of hydrogen-bond donors (Lipinski definition) is 1. The van der Waals surface area contributed by atoms with Crippen LogP contribution >= 0.6 is 27.3 Å². The molecular formula is C10H6BrFN2OS. The Morgan fingerprint density at radius 3 is 2.94 bits per heavy atom. The van der Waals surface area contributed by atoms with Gasteiger partial charge < -0.3 is 5.32 Å². The van der Waals surface area contributed by atoms with E-state index in [1.165, 1.54) is 23.5 Å². The third kappa shape index (κ3) is 2.45.